The first-order valence-corrected chi connectivity index (χ1v) is 21.0. The SMILES string of the molecule is c1ccc(-c2nc(-c3ccccc3)nc(-c3cc(-n4c5ccccc5c5c(-n6c7ccccc7c7ccc8ccccc8c76)c6ccccc6cc54)c4ccccc4c3)n2)cc1. The molecule has 0 saturated heterocycles. The van der Waals surface area contributed by atoms with Crippen molar-refractivity contribution in [3.05, 3.63) is 212 Å². The van der Waals surface area contributed by atoms with E-state index in [4.69, 9.17) is 15.0 Å². The van der Waals surface area contributed by atoms with Crippen LogP contribution in [0.25, 0.3) is 121 Å². The van der Waals surface area contributed by atoms with E-state index in [2.05, 4.69) is 185 Å². The van der Waals surface area contributed by atoms with E-state index in [1.807, 2.05) is 36.4 Å². The lowest BCUT2D eigenvalue weighted by Gasteiger charge is -2.17. The minimum atomic E-state index is 0.619. The van der Waals surface area contributed by atoms with Crippen molar-refractivity contribution in [3.8, 4) is 45.5 Å². The molecule has 0 spiro atoms. The lowest BCUT2D eigenvalue weighted by Crippen LogP contribution is -2.02. The van der Waals surface area contributed by atoms with Crippen LogP contribution < -0.4 is 0 Å². The molecule has 0 radical (unpaired) electrons. The van der Waals surface area contributed by atoms with Crippen molar-refractivity contribution in [1.29, 1.82) is 0 Å². The molecule has 0 fully saturated rings. The van der Waals surface area contributed by atoms with Gasteiger partial charge < -0.3 is 9.13 Å². The molecule has 13 aromatic rings. The first kappa shape index (κ1) is 34.5. The van der Waals surface area contributed by atoms with Gasteiger partial charge in [-0.15, -0.1) is 0 Å². The van der Waals surface area contributed by atoms with Gasteiger partial charge >= 0.3 is 0 Å². The van der Waals surface area contributed by atoms with Crippen LogP contribution in [0.3, 0.4) is 0 Å². The molecule has 62 heavy (non-hydrogen) atoms. The lowest BCUT2D eigenvalue weighted by atomic mass is 10.0. The van der Waals surface area contributed by atoms with Crippen molar-refractivity contribution >= 4 is 75.9 Å². The van der Waals surface area contributed by atoms with E-state index in [-0.39, 0.29) is 0 Å². The zero-order valence-corrected chi connectivity index (χ0v) is 33.4. The summed E-state index contributed by atoms with van der Waals surface area (Å²) in [7, 11) is 0. The molecule has 5 nitrogen and oxygen atoms in total. The van der Waals surface area contributed by atoms with Crippen molar-refractivity contribution in [2.45, 2.75) is 0 Å². The minimum Gasteiger partial charge on any atom is -0.308 e. The Hall–Kier alpha value is -8.41. The standard InChI is InChI=1S/C57H35N5/c1-3-18-37(19-4-1)55-58-56(38-20-5-2-6-21-38)60-57(59-55)41-33-39-22-8-10-24-42(39)50(35-41)61-49-30-16-14-28-47(49)52-51(61)34-40-23-9-12-26-44(40)54(52)62-48-29-15-13-27-45(48)46-32-31-36-17-7-11-25-43(36)53(46)62/h1-35H. The number of para-hydroxylation sites is 2. The zero-order valence-electron chi connectivity index (χ0n) is 33.4. The van der Waals surface area contributed by atoms with Gasteiger partial charge in [0.15, 0.2) is 17.5 Å². The predicted octanol–water partition coefficient (Wildman–Crippen LogP) is 14.5. The fraction of sp³-hybridized carbons (Fsp3) is 0. The van der Waals surface area contributed by atoms with Crippen LogP contribution in [0.2, 0.25) is 0 Å². The first-order chi connectivity index (χ1) is 30.8. The molecule has 0 saturated carbocycles. The van der Waals surface area contributed by atoms with Gasteiger partial charge in [-0.2, -0.15) is 0 Å². The zero-order chi connectivity index (χ0) is 40.7. The summed E-state index contributed by atoms with van der Waals surface area (Å²) in [4.78, 5) is 15.4. The summed E-state index contributed by atoms with van der Waals surface area (Å²) in [6.07, 6.45) is 0. The number of nitrogens with zero attached hydrogens (tertiary/aromatic N) is 5. The molecular weight excluding hydrogens is 755 g/mol. The highest BCUT2D eigenvalue weighted by molar-refractivity contribution is 6.25. The summed E-state index contributed by atoms with van der Waals surface area (Å²) in [5.41, 5.74) is 9.66. The monoisotopic (exact) mass is 789 g/mol. The fourth-order valence-corrected chi connectivity index (χ4v) is 9.76. The van der Waals surface area contributed by atoms with Crippen LogP contribution in [0, 0.1) is 0 Å². The van der Waals surface area contributed by atoms with Gasteiger partial charge in [-0.3, -0.25) is 0 Å². The molecule has 0 unspecified atom stereocenters. The maximum Gasteiger partial charge on any atom is 0.164 e. The third-order valence-electron chi connectivity index (χ3n) is 12.5. The van der Waals surface area contributed by atoms with Crippen LogP contribution in [0.4, 0.5) is 0 Å². The van der Waals surface area contributed by atoms with Crippen LogP contribution in [-0.4, -0.2) is 24.1 Å². The average molecular weight is 790 g/mol. The van der Waals surface area contributed by atoms with E-state index in [1.165, 1.54) is 59.8 Å². The summed E-state index contributed by atoms with van der Waals surface area (Å²) in [6.45, 7) is 0. The maximum absolute atomic E-state index is 5.19. The van der Waals surface area contributed by atoms with E-state index in [1.54, 1.807) is 0 Å². The molecule has 13 rings (SSSR count). The molecule has 10 aromatic carbocycles. The number of fused-ring (bicyclic) bond motifs is 10. The molecule has 0 amide bonds. The molecule has 0 N–H and O–H groups in total. The topological polar surface area (TPSA) is 48.5 Å². The fourth-order valence-electron chi connectivity index (χ4n) is 9.76. The molecule has 3 aromatic heterocycles. The third-order valence-corrected chi connectivity index (χ3v) is 12.5. The predicted molar refractivity (Wildman–Crippen MR) is 257 cm³/mol. The maximum atomic E-state index is 5.19. The van der Waals surface area contributed by atoms with Crippen LogP contribution in [-0.2, 0) is 0 Å². The number of hydrogen-bond donors (Lipinski definition) is 0. The number of benzene rings is 10. The molecule has 288 valence electrons. The van der Waals surface area contributed by atoms with E-state index >= 15 is 0 Å². The molecule has 0 aliphatic rings. The number of rotatable bonds is 5. The Labute approximate surface area is 356 Å². The number of aromatic nitrogens is 5. The Balaban J connectivity index is 1.16. The van der Waals surface area contributed by atoms with Gasteiger partial charge in [0, 0.05) is 54.4 Å². The average Bonchev–Trinajstić information content (AvgIpc) is 3.86. The van der Waals surface area contributed by atoms with Crippen molar-refractivity contribution in [2.75, 3.05) is 0 Å². The minimum absolute atomic E-state index is 0.619. The van der Waals surface area contributed by atoms with Gasteiger partial charge in [0.05, 0.1) is 33.4 Å². The van der Waals surface area contributed by atoms with Crippen LogP contribution in [0.1, 0.15) is 0 Å². The Bertz CT molecular complexity index is 3860. The Morgan fingerprint density at radius 2 is 0.790 bits per heavy atom. The smallest absolute Gasteiger partial charge is 0.164 e. The summed E-state index contributed by atoms with van der Waals surface area (Å²) in [5, 5.41) is 11.9. The summed E-state index contributed by atoms with van der Waals surface area (Å²) >= 11 is 0. The molecule has 0 bridgehead atoms. The second-order valence-electron chi connectivity index (χ2n) is 16.0. The second kappa shape index (κ2) is 13.6. The molecule has 0 aliphatic carbocycles. The van der Waals surface area contributed by atoms with Gasteiger partial charge in [-0.25, -0.2) is 15.0 Å². The third kappa shape index (κ3) is 5.18. The first-order valence-electron chi connectivity index (χ1n) is 21.0. The molecule has 0 atom stereocenters. The normalized spacial score (nSPS) is 11.9. The van der Waals surface area contributed by atoms with Crippen molar-refractivity contribution < 1.29 is 0 Å². The van der Waals surface area contributed by atoms with Crippen molar-refractivity contribution in [3.63, 3.8) is 0 Å². The van der Waals surface area contributed by atoms with Crippen molar-refractivity contribution in [2.24, 2.45) is 0 Å². The van der Waals surface area contributed by atoms with E-state index in [9.17, 15) is 0 Å². The quantitative estimate of drug-likeness (QED) is 0.174. The van der Waals surface area contributed by atoms with Gasteiger partial charge in [0.1, 0.15) is 0 Å². The van der Waals surface area contributed by atoms with Crippen LogP contribution in [0.15, 0.2) is 212 Å². The van der Waals surface area contributed by atoms with E-state index in [0.29, 0.717) is 17.5 Å². The summed E-state index contributed by atoms with van der Waals surface area (Å²) < 4.78 is 5.01. The largest absolute Gasteiger partial charge is 0.308 e. The molecular formula is C57H35N5. The highest BCUT2D eigenvalue weighted by atomic mass is 15.0. The van der Waals surface area contributed by atoms with Gasteiger partial charge in [0.25, 0.3) is 0 Å². The molecule has 5 heteroatoms. The second-order valence-corrected chi connectivity index (χ2v) is 16.0. The molecule has 3 heterocycles. The summed E-state index contributed by atoms with van der Waals surface area (Å²) in [5.74, 6) is 1.89. The Morgan fingerprint density at radius 1 is 0.290 bits per heavy atom. The highest BCUT2D eigenvalue weighted by Crippen LogP contribution is 2.46. The van der Waals surface area contributed by atoms with Gasteiger partial charge in [-0.05, 0) is 46.5 Å². The summed E-state index contributed by atoms with van der Waals surface area (Å²) in [6, 6.07) is 75.8. The number of hydrogen-bond acceptors (Lipinski definition) is 3. The van der Waals surface area contributed by atoms with Crippen molar-refractivity contribution in [1.82, 2.24) is 24.1 Å². The highest BCUT2D eigenvalue weighted by Gasteiger charge is 2.24. The van der Waals surface area contributed by atoms with E-state index < -0.39 is 0 Å². The van der Waals surface area contributed by atoms with Crippen LogP contribution in [0.5, 0.6) is 0 Å². The van der Waals surface area contributed by atoms with Crippen LogP contribution >= 0.6 is 0 Å². The molecule has 0 aliphatic heterocycles. The Kier molecular flexibility index (Phi) is 7.54. The van der Waals surface area contributed by atoms with Gasteiger partial charge in [0.2, 0.25) is 0 Å². The lowest BCUT2D eigenvalue weighted by molar-refractivity contribution is 1.07. The van der Waals surface area contributed by atoms with E-state index in [0.717, 1.165) is 44.2 Å². The Morgan fingerprint density at radius 3 is 1.47 bits per heavy atom. The van der Waals surface area contributed by atoms with Gasteiger partial charge in [-0.1, -0.05) is 182 Å².